The maximum Gasteiger partial charge on any atom is 0.159 e. The lowest BCUT2D eigenvalue weighted by Gasteiger charge is -2.71. The number of ketones is 1. The van der Waals surface area contributed by atoms with Crippen molar-refractivity contribution >= 4 is 5.78 Å². The lowest BCUT2D eigenvalue weighted by Crippen LogP contribution is -2.71. The SMILES string of the molecule is CC1CCOC(C2OC2C(C)(O)C(C)(CO)CCC2=CCNC(N)=C2)(C2CCC3(O)C4=CC(=O)C5CC(O)CC67C8C=C(CNC9CCCC9)CC56C4C(CCc4ccccc4CC#CC7C4(CCCC4)C8)CC23C)C1. The number of epoxide rings is 1. The van der Waals surface area contributed by atoms with Crippen LogP contribution in [-0.4, -0.2) is 93.7 Å². The van der Waals surface area contributed by atoms with Crippen LogP contribution in [0.5, 0.6) is 0 Å². The number of dihydropyridines is 1. The number of nitrogens with one attached hydrogen (secondary N) is 2. The molecule has 12 aliphatic rings. The second-order valence-corrected chi connectivity index (χ2v) is 28.5. The van der Waals surface area contributed by atoms with E-state index in [1.165, 1.54) is 55.2 Å². The molecule has 10 nitrogen and oxygen atoms in total. The Kier molecular flexibility index (Phi) is 12.8. The van der Waals surface area contributed by atoms with Crippen LogP contribution in [0.2, 0.25) is 0 Å². The first kappa shape index (κ1) is 52.1. The van der Waals surface area contributed by atoms with Crippen LogP contribution >= 0.6 is 0 Å². The van der Waals surface area contributed by atoms with E-state index < -0.39 is 56.8 Å². The van der Waals surface area contributed by atoms with E-state index in [0.29, 0.717) is 75.9 Å². The number of benzene rings is 1. The number of aryl methyl sites for hydroxylation is 1. The highest BCUT2D eigenvalue weighted by Gasteiger charge is 2.81. The van der Waals surface area contributed by atoms with E-state index in [0.717, 1.165) is 75.5 Å². The van der Waals surface area contributed by atoms with Crippen LogP contribution in [0.15, 0.2) is 71.1 Å². The summed E-state index contributed by atoms with van der Waals surface area (Å²) in [5, 5.41) is 58.6. The molecule has 1 aromatic carbocycles. The molecule has 6 saturated carbocycles. The van der Waals surface area contributed by atoms with Gasteiger partial charge < -0.3 is 46.3 Å². The third-order valence-electron chi connectivity index (χ3n) is 24.9. The predicted molar refractivity (Wildman–Crippen MR) is 295 cm³/mol. The molecule has 0 amide bonds. The summed E-state index contributed by atoms with van der Waals surface area (Å²) in [7, 11) is 0. The van der Waals surface area contributed by atoms with Crippen molar-refractivity contribution in [3.05, 3.63) is 82.2 Å². The second kappa shape index (κ2) is 18.6. The smallest absolute Gasteiger partial charge is 0.159 e. The number of hydrogen-bond donors (Lipinski definition) is 7. The highest BCUT2D eigenvalue weighted by Crippen LogP contribution is 2.83. The Hall–Kier alpha value is -3.27. The molecule has 3 aliphatic heterocycles. The summed E-state index contributed by atoms with van der Waals surface area (Å²) >= 11 is 0. The van der Waals surface area contributed by atoms with Crippen molar-refractivity contribution in [2.24, 2.45) is 74.2 Å². The first-order chi connectivity index (χ1) is 36.5. The second-order valence-electron chi connectivity index (χ2n) is 28.5. The zero-order valence-corrected chi connectivity index (χ0v) is 46.4. The Labute approximate surface area is 454 Å². The van der Waals surface area contributed by atoms with Gasteiger partial charge in [0, 0.05) is 60.2 Å². The molecule has 2 saturated heterocycles. The van der Waals surface area contributed by atoms with Crippen LogP contribution in [0.4, 0.5) is 0 Å². The van der Waals surface area contributed by atoms with Crippen molar-refractivity contribution in [2.45, 2.75) is 210 Å². The summed E-state index contributed by atoms with van der Waals surface area (Å²) in [5.74, 6) is 8.96. The van der Waals surface area contributed by atoms with Crippen molar-refractivity contribution in [1.82, 2.24) is 10.6 Å². The topological polar surface area (TPSA) is 170 Å². The first-order valence-corrected chi connectivity index (χ1v) is 30.6. The largest absolute Gasteiger partial charge is 0.396 e. The molecule has 17 atom stereocenters. The number of allylic oxidation sites excluding steroid dienone is 4. The summed E-state index contributed by atoms with van der Waals surface area (Å²) in [6.07, 6.45) is 27.2. The minimum Gasteiger partial charge on any atom is -0.396 e. The van der Waals surface area contributed by atoms with E-state index in [-0.39, 0.29) is 53.3 Å². The number of aliphatic hydroxyl groups excluding tert-OH is 2. The minimum atomic E-state index is -1.40. The summed E-state index contributed by atoms with van der Waals surface area (Å²) in [5.41, 5.74) is 6.30. The molecule has 1 aromatic rings. The van der Waals surface area contributed by atoms with Gasteiger partial charge in [-0.2, -0.15) is 0 Å². The lowest BCUT2D eigenvalue weighted by atomic mass is 9.32. The van der Waals surface area contributed by atoms with Gasteiger partial charge in [0.2, 0.25) is 0 Å². The maximum absolute atomic E-state index is 16.0. The molecule has 17 unspecified atom stereocenters. The number of nitrogens with two attached hydrogens (primary N) is 1. The number of carbonyl (C=O) groups is 1. The number of fused-ring (bicyclic) bond motifs is 4. The van der Waals surface area contributed by atoms with Gasteiger partial charge in [0.1, 0.15) is 17.8 Å². The van der Waals surface area contributed by atoms with Gasteiger partial charge in [-0.3, -0.25) is 4.79 Å². The normalized spacial score (nSPS) is 44.6. The molecular weight excluding hydrogens is 947 g/mol. The van der Waals surface area contributed by atoms with Crippen LogP contribution in [0, 0.1) is 80.3 Å². The highest BCUT2D eigenvalue weighted by atomic mass is 16.6. The molecule has 76 heavy (non-hydrogen) atoms. The van der Waals surface area contributed by atoms with Gasteiger partial charge in [0.15, 0.2) is 5.78 Å². The minimum absolute atomic E-state index is 0.0182. The van der Waals surface area contributed by atoms with Gasteiger partial charge in [0.25, 0.3) is 0 Å². The van der Waals surface area contributed by atoms with Gasteiger partial charge in [0.05, 0.1) is 29.7 Å². The van der Waals surface area contributed by atoms with Gasteiger partial charge in [-0.1, -0.05) is 100 Å². The van der Waals surface area contributed by atoms with Crippen LogP contribution in [0.25, 0.3) is 0 Å². The van der Waals surface area contributed by atoms with E-state index in [4.69, 9.17) is 15.2 Å². The van der Waals surface area contributed by atoms with E-state index in [1.54, 1.807) is 0 Å². The number of ether oxygens (including phenoxy) is 2. The fraction of sp³-hybridized carbons (Fsp3) is 0.742. The van der Waals surface area contributed by atoms with E-state index in [9.17, 15) is 20.4 Å². The van der Waals surface area contributed by atoms with Gasteiger partial charge in [-0.25, -0.2) is 0 Å². The molecule has 10 heteroatoms. The third-order valence-corrected chi connectivity index (χ3v) is 24.9. The molecular formula is C66H91N3O7. The van der Waals surface area contributed by atoms with Crippen LogP contribution in [0.3, 0.4) is 0 Å². The summed E-state index contributed by atoms with van der Waals surface area (Å²) in [6, 6.07) is 9.49. The molecule has 8 N–H and O–H groups in total. The molecule has 412 valence electrons. The lowest BCUT2D eigenvalue weighted by molar-refractivity contribution is -0.225. The van der Waals surface area contributed by atoms with Gasteiger partial charge >= 0.3 is 0 Å². The Balaban J connectivity index is 0.945. The van der Waals surface area contributed by atoms with Crippen molar-refractivity contribution in [1.29, 1.82) is 0 Å². The van der Waals surface area contributed by atoms with E-state index in [1.807, 2.05) is 26.0 Å². The van der Waals surface area contributed by atoms with Gasteiger partial charge in [-0.05, 0) is 191 Å². The quantitative estimate of drug-likeness (QED) is 0.0645. The molecule has 0 radical (unpaired) electrons. The molecule has 3 spiro atoms. The average molecular weight is 1040 g/mol. The molecule has 0 aromatic heterocycles. The molecule has 3 heterocycles. The zero-order chi connectivity index (χ0) is 52.7. The summed E-state index contributed by atoms with van der Waals surface area (Å²) < 4.78 is 14.4. The van der Waals surface area contributed by atoms with Crippen LogP contribution in [0.1, 0.15) is 167 Å². The number of hydrogen-bond acceptors (Lipinski definition) is 10. The predicted octanol–water partition coefficient (Wildman–Crippen LogP) is 9.09. The first-order valence-electron chi connectivity index (χ1n) is 30.6. The van der Waals surface area contributed by atoms with Crippen molar-refractivity contribution in [2.75, 3.05) is 26.3 Å². The van der Waals surface area contributed by atoms with Crippen LogP contribution in [-0.2, 0) is 27.1 Å². The van der Waals surface area contributed by atoms with Crippen molar-refractivity contribution in [3.8, 4) is 11.8 Å². The average Bonchev–Trinajstić information content (AvgIpc) is 3.72. The third kappa shape index (κ3) is 7.53. The summed E-state index contributed by atoms with van der Waals surface area (Å²) in [4.78, 5) is 16.0. The number of rotatable bonds is 11. The zero-order valence-electron chi connectivity index (χ0n) is 46.4. The molecule has 9 aliphatic carbocycles. The number of aliphatic hydroxyl groups is 4. The Morgan fingerprint density at radius 2 is 1.75 bits per heavy atom. The fourth-order valence-electron chi connectivity index (χ4n) is 21.2. The van der Waals surface area contributed by atoms with Crippen molar-refractivity contribution < 1.29 is 34.7 Å². The van der Waals surface area contributed by atoms with E-state index in [2.05, 4.69) is 72.7 Å². The Morgan fingerprint density at radius 3 is 2.51 bits per heavy atom. The summed E-state index contributed by atoms with van der Waals surface area (Å²) in [6.45, 7) is 10.4. The molecule has 13 rings (SSSR count). The Bertz CT molecular complexity index is 2670. The Morgan fingerprint density at radius 1 is 0.961 bits per heavy atom. The molecule has 8 fully saturated rings. The number of carbonyl (C=O) groups excluding carboxylic acids is 1. The highest BCUT2D eigenvalue weighted by molar-refractivity contribution is 5.95. The fourth-order valence-corrected chi connectivity index (χ4v) is 21.2. The van der Waals surface area contributed by atoms with Crippen LogP contribution < -0.4 is 16.4 Å². The van der Waals surface area contributed by atoms with Gasteiger partial charge in [-0.15, -0.1) is 0 Å². The molecule has 0 bridgehead atoms. The van der Waals surface area contributed by atoms with Crippen molar-refractivity contribution in [3.63, 3.8) is 0 Å². The van der Waals surface area contributed by atoms with E-state index >= 15 is 4.79 Å². The monoisotopic (exact) mass is 1040 g/mol. The maximum atomic E-state index is 16.0. The standard InChI is InChI=1S/C66H91N3O7/c1-41-23-29-75-65(34-41,58-57(76-58)61(4,73)59(2,40-70)26-20-42-22-28-68-55(67)31-42)53-21-27-66(74)51-33-52(72)50-32-49(71)38-63-47-30-43(39-69-48-15-7-8-16-48)35-64(50,63)56(51)46(36-60(53,66)3)19-18-45-13-6-5-12-44(45)14-11-17-54(63)62(37-47)24-9-10-25-62/h5-6,12-13,22,30-31,33,41,46-50,53-54,56-58,68-71,73-74H,7-10,14-16,18-21,23-29,32,34-40,67H2,1-4H3.